The molecule has 0 aromatic heterocycles. The highest BCUT2D eigenvalue weighted by Gasteiger charge is 2.32. The van der Waals surface area contributed by atoms with Gasteiger partial charge in [0.25, 0.3) is 0 Å². The van der Waals surface area contributed by atoms with E-state index in [1.807, 2.05) is 0 Å². The van der Waals surface area contributed by atoms with E-state index in [1.54, 1.807) is 0 Å². The number of nitrogens with two attached hydrogens (primary N) is 1. The molecule has 1 heterocycles. The third-order valence-corrected chi connectivity index (χ3v) is 6.06. The fourth-order valence-corrected chi connectivity index (χ4v) is 4.18. The summed E-state index contributed by atoms with van der Waals surface area (Å²) < 4.78 is 40.3. The molecule has 0 aliphatic carbocycles. The minimum Gasteiger partial charge on any atom is -0.399 e. The Morgan fingerprint density at radius 3 is 2.57 bits per heavy atom. The quantitative estimate of drug-likeness (QED) is 0.855. The lowest BCUT2D eigenvalue weighted by Gasteiger charge is -2.35. The molecule has 0 bridgehead atoms. The number of rotatable bonds is 4. The Bertz CT molecular complexity index is 598. The van der Waals surface area contributed by atoms with E-state index in [9.17, 15) is 12.8 Å². The van der Waals surface area contributed by atoms with Crippen LogP contribution in [-0.2, 0) is 10.0 Å². The van der Waals surface area contributed by atoms with Gasteiger partial charge in [-0.1, -0.05) is 6.92 Å². The smallest absolute Gasteiger partial charge is 0.246 e. The first kappa shape index (κ1) is 16.2. The second-order valence-corrected chi connectivity index (χ2v) is 7.34. The number of benzene rings is 1. The SMILES string of the molecule is CCN1CCC(N(C)S(=O)(=O)c2cc(N)ccc2F)CC1. The van der Waals surface area contributed by atoms with Gasteiger partial charge in [-0.2, -0.15) is 4.31 Å². The molecule has 1 aliphatic rings. The van der Waals surface area contributed by atoms with Gasteiger partial charge in [0.15, 0.2) is 0 Å². The van der Waals surface area contributed by atoms with Gasteiger partial charge in [0, 0.05) is 18.8 Å². The van der Waals surface area contributed by atoms with Crippen molar-refractivity contribution < 1.29 is 12.8 Å². The molecule has 0 spiro atoms. The monoisotopic (exact) mass is 315 g/mol. The first-order valence-electron chi connectivity index (χ1n) is 7.11. The lowest BCUT2D eigenvalue weighted by molar-refractivity contribution is 0.176. The van der Waals surface area contributed by atoms with E-state index < -0.39 is 15.8 Å². The summed E-state index contributed by atoms with van der Waals surface area (Å²) in [6, 6.07) is 3.53. The first-order valence-corrected chi connectivity index (χ1v) is 8.55. The van der Waals surface area contributed by atoms with Crippen LogP contribution in [0.1, 0.15) is 19.8 Å². The van der Waals surface area contributed by atoms with Gasteiger partial charge in [0.2, 0.25) is 10.0 Å². The third kappa shape index (κ3) is 3.36. The van der Waals surface area contributed by atoms with Crippen LogP contribution in [0.25, 0.3) is 0 Å². The van der Waals surface area contributed by atoms with Crippen molar-refractivity contribution in [3.63, 3.8) is 0 Å². The number of hydrogen-bond donors (Lipinski definition) is 1. The molecule has 1 aromatic rings. The zero-order chi connectivity index (χ0) is 15.6. The predicted octanol–water partition coefficient (Wildman–Crippen LogP) is 1.51. The second-order valence-electron chi connectivity index (χ2n) is 5.38. The van der Waals surface area contributed by atoms with Crippen molar-refractivity contribution in [3.8, 4) is 0 Å². The number of likely N-dealkylation sites (tertiary alicyclic amines) is 1. The largest absolute Gasteiger partial charge is 0.399 e. The molecule has 21 heavy (non-hydrogen) atoms. The molecule has 5 nitrogen and oxygen atoms in total. The summed E-state index contributed by atoms with van der Waals surface area (Å²) in [5.74, 6) is -0.762. The molecular weight excluding hydrogens is 293 g/mol. The molecule has 0 saturated carbocycles. The van der Waals surface area contributed by atoms with Crippen LogP contribution in [0.15, 0.2) is 23.1 Å². The number of halogens is 1. The van der Waals surface area contributed by atoms with Crippen LogP contribution in [0.5, 0.6) is 0 Å². The fraction of sp³-hybridized carbons (Fsp3) is 0.571. The van der Waals surface area contributed by atoms with E-state index in [0.29, 0.717) is 0 Å². The van der Waals surface area contributed by atoms with Crippen LogP contribution in [0, 0.1) is 5.82 Å². The maximum absolute atomic E-state index is 13.8. The zero-order valence-electron chi connectivity index (χ0n) is 12.4. The van der Waals surface area contributed by atoms with Gasteiger partial charge in [-0.3, -0.25) is 0 Å². The molecule has 0 unspecified atom stereocenters. The maximum atomic E-state index is 13.8. The number of nitrogen functional groups attached to an aromatic ring is 1. The van der Waals surface area contributed by atoms with E-state index in [2.05, 4.69) is 11.8 Å². The molecule has 1 saturated heterocycles. The van der Waals surface area contributed by atoms with Crippen LogP contribution < -0.4 is 5.73 Å². The van der Waals surface area contributed by atoms with E-state index in [1.165, 1.54) is 23.5 Å². The third-order valence-electron chi connectivity index (χ3n) is 4.13. The van der Waals surface area contributed by atoms with Gasteiger partial charge in [0.1, 0.15) is 10.7 Å². The summed E-state index contributed by atoms with van der Waals surface area (Å²) in [6.45, 7) is 4.77. The molecule has 0 atom stereocenters. The highest BCUT2D eigenvalue weighted by molar-refractivity contribution is 7.89. The number of anilines is 1. The van der Waals surface area contributed by atoms with E-state index in [4.69, 9.17) is 5.73 Å². The van der Waals surface area contributed by atoms with Gasteiger partial charge in [-0.05, 0) is 50.7 Å². The van der Waals surface area contributed by atoms with Crippen molar-refractivity contribution in [2.75, 3.05) is 32.4 Å². The van der Waals surface area contributed by atoms with E-state index in [0.717, 1.165) is 38.5 Å². The maximum Gasteiger partial charge on any atom is 0.246 e. The fourth-order valence-electron chi connectivity index (χ4n) is 2.67. The first-order chi connectivity index (χ1) is 9.86. The Kier molecular flexibility index (Phi) is 4.85. The highest BCUT2D eigenvalue weighted by atomic mass is 32.2. The van der Waals surface area contributed by atoms with Crippen LogP contribution in [0.3, 0.4) is 0 Å². The predicted molar refractivity (Wildman–Crippen MR) is 80.9 cm³/mol. The summed E-state index contributed by atoms with van der Waals surface area (Å²) in [7, 11) is -2.34. The molecule has 2 N–H and O–H groups in total. The summed E-state index contributed by atoms with van der Waals surface area (Å²) in [6.07, 6.45) is 1.51. The van der Waals surface area contributed by atoms with Crippen molar-refractivity contribution in [2.45, 2.75) is 30.7 Å². The van der Waals surface area contributed by atoms with Crippen molar-refractivity contribution in [3.05, 3.63) is 24.0 Å². The topological polar surface area (TPSA) is 66.6 Å². The number of piperidine rings is 1. The number of nitrogens with zero attached hydrogens (tertiary/aromatic N) is 2. The average molecular weight is 315 g/mol. The van der Waals surface area contributed by atoms with Gasteiger partial charge in [0.05, 0.1) is 0 Å². The Balaban J connectivity index is 2.21. The second kappa shape index (κ2) is 6.29. The molecular formula is C14H22FN3O2S. The van der Waals surface area contributed by atoms with Gasteiger partial charge in [-0.15, -0.1) is 0 Å². The molecule has 118 valence electrons. The summed E-state index contributed by atoms with van der Waals surface area (Å²) >= 11 is 0. The van der Waals surface area contributed by atoms with Crippen molar-refractivity contribution in [1.82, 2.24) is 9.21 Å². The van der Waals surface area contributed by atoms with Crippen molar-refractivity contribution in [1.29, 1.82) is 0 Å². The Hall–Kier alpha value is -1.18. The number of sulfonamides is 1. The Morgan fingerprint density at radius 2 is 2.00 bits per heavy atom. The average Bonchev–Trinajstić information content (AvgIpc) is 2.49. The summed E-state index contributed by atoms with van der Waals surface area (Å²) in [5.41, 5.74) is 5.82. The van der Waals surface area contributed by atoms with Gasteiger partial charge >= 0.3 is 0 Å². The normalized spacial score (nSPS) is 18.3. The minimum absolute atomic E-state index is 0.0985. The molecule has 1 fully saturated rings. The Morgan fingerprint density at radius 1 is 1.38 bits per heavy atom. The lowest BCUT2D eigenvalue weighted by Crippen LogP contribution is -2.45. The van der Waals surface area contributed by atoms with Crippen LogP contribution in [0.2, 0.25) is 0 Å². The van der Waals surface area contributed by atoms with Crippen LogP contribution in [0.4, 0.5) is 10.1 Å². The van der Waals surface area contributed by atoms with E-state index >= 15 is 0 Å². The number of hydrogen-bond acceptors (Lipinski definition) is 4. The molecule has 0 radical (unpaired) electrons. The molecule has 7 heteroatoms. The van der Waals surface area contributed by atoms with Gasteiger partial charge < -0.3 is 10.6 Å². The standard InChI is InChI=1S/C14H22FN3O2S/c1-3-18-8-6-12(7-9-18)17(2)21(19,20)14-10-11(16)4-5-13(14)15/h4-5,10,12H,3,6-9,16H2,1-2H3. The van der Waals surface area contributed by atoms with Gasteiger partial charge in [-0.25, -0.2) is 12.8 Å². The summed E-state index contributed by atoms with van der Waals surface area (Å²) in [5, 5.41) is 0. The molecule has 1 aliphatic heterocycles. The highest BCUT2D eigenvalue weighted by Crippen LogP contribution is 2.25. The Labute approximate surface area is 125 Å². The molecule has 2 rings (SSSR count). The van der Waals surface area contributed by atoms with Crippen LogP contribution >= 0.6 is 0 Å². The molecule has 1 aromatic carbocycles. The summed E-state index contributed by atoms with van der Waals surface area (Å²) in [4.78, 5) is 1.93. The zero-order valence-corrected chi connectivity index (χ0v) is 13.2. The van der Waals surface area contributed by atoms with Crippen molar-refractivity contribution in [2.24, 2.45) is 0 Å². The lowest BCUT2D eigenvalue weighted by atomic mass is 10.1. The van der Waals surface area contributed by atoms with Crippen molar-refractivity contribution >= 4 is 15.7 Å². The van der Waals surface area contributed by atoms with Crippen LogP contribution in [-0.4, -0.2) is 50.3 Å². The minimum atomic E-state index is -3.86. The molecule has 0 amide bonds. The van der Waals surface area contributed by atoms with E-state index in [-0.39, 0.29) is 16.6 Å².